The summed E-state index contributed by atoms with van der Waals surface area (Å²) in [6, 6.07) is 16.8. The van der Waals surface area contributed by atoms with Crippen LogP contribution in [0.5, 0.6) is 17.2 Å². The van der Waals surface area contributed by atoms with Crippen LogP contribution in [-0.2, 0) is 19.2 Å². The molecule has 6 atom stereocenters. The summed E-state index contributed by atoms with van der Waals surface area (Å²) in [7, 11) is 2.93. The van der Waals surface area contributed by atoms with E-state index in [9.17, 15) is 24.3 Å². The number of carbonyl (C=O) groups excluding carboxylic acids is 4. The van der Waals surface area contributed by atoms with Gasteiger partial charge in [-0.1, -0.05) is 47.5 Å². The molecule has 0 bridgehead atoms. The lowest BCUT2D eigenvalue weighted by Crippen LogP contribution is -2.49. The Hall–Kier alpha value is -4.63. The monoisotopic (exact) mass is 640 g/mol. The Morgan fingerprint density at radius 1 is 0.848 bits per heavy atom. The van der Waals surface area contributed by atoms with Crippen LogP contribution in [0.15, 0.2) is 72.3 Å². The lowest BCUT2D eigenvalue weighted by molar-refractivity contribution is -0.131. The van der Waals surface area contributed by atoms with Gasteiger partial charge < -0.3 is 14.6 Å². The van der Waals surface area contributed by atoms with Crippen LogP contribution >= 0.6 is 11.6 Å². The van der Waals surface area contributed by atoms with Crippen molar-refractivity contribution < 1.29 is 33.8 Å². The minimum atomic E-state index is -1.30. The Morgan fingerprint density at radius 2 is 1.52 bits per heavy atom. The summed E-state index contributed by atoms with van der Waals surface area (Å²) < 4.78 is 11.5. The van der Waals surface area contributed by atoms with Crippen molar-refractivity contribution in [3.8, 4) is 17.2 Å². The Morgan fingerprint density at radius 3 is 2.15 bits per heavy atom. The van der Waals surface area contributed by atoms with Crippen LogP contribution in [0, 0.1) is 36.0 Å². The molecule has 46 heavy (non-hydrogen) atoms. The first-order valence-corrected chi connectivity index (χ1v) is 15.6. The summed E-state index contributed by atoms with van der Waals surface area (Å²) in [5.41, 5.74) is 1.67. The molecule has 2 aliphatic carbocycles. The van der Waals surface area contributed by atoms with Crippen LogP contribution in [0.25, 0.3) is 0 Å². The first-order chi connectivity index (χ1) is 22.0. The highest BCUT2D eigenvalue weighted by Gasteiger charge is 2.68. The number of halogens is 1. The molecule has 3 aromatic rings. The molecule has 3 fully saturated rings. The Balaban J connectivity index is 1.42. The number of imide groups is 2. The molecule has 4 amide bonds. The largest absolute Gasteiger partial charge is 0.508 e. The summed E-state index contributed by atoms with van der Waals surface area (Å²) in [5, 5.41) is 11.0. The molecule has 10 heteroatoms. The number of benzene rings is 3. The number of ether oxygens (including phenoxy) is 2. The highest BCUT2D eigenvalue weighted by atomic mass is 35.5. The van der Waals surface area contributed by atoms with Gasteiger partial charge in [0.2, 0.25) is 23.6 Å². The Kier molecular flexibility index (Phi) is 7.01. The van der Waals surface area contributed by atoms with Gasteiger partial charge in [-0.3, -0.25) is 19.2 Å². The summed E-state index contributed by atoms with van der Waals surface area (Å²) in [6.45, 7) is 3.64. The van der Waals surface area contributed by atoms with Crippen molar-refractivity contribution in [1.82, 2.24) is 0 Å². The van der Waals surface area contributed by atoms with Gasteiger partial charge in [0, 0.05) is 28.6 Å². The number of hydrogen-bond acceptors (Lipinski definition) is 7. The number of hydrogen-bond donors (Lipinski definition) is 1. The van der Waals surface area contributed by atoms with Gasteiger partial charge in [-0.05, 0) is 62.4 Å². The van der Waals surface area contributed by atoms with Crippen molar-refractivity contribution >= 4 is 46.6 Å². The number of anilines is 2. The molecule has 4 aliphatic rings. The number of aromatic hydroxyl groups is 1. The Bertz CT molecular complexity index is 1830. The number of carbonyl (C=O) groups is 4. The molecule has 2 saturated heterocycles. The molecular weight excluding hydrogens is 608 g/mol. The zero-order valence-electron chi connectivity index (χ0n) is 25.8. The minimum Gasteiger partial charge on any atom is -0.508 e. The van der Waals surface area contributed by atoms with Crippen LogP contribution in [0.3, 0.4) is 0 Å². The number of fused-ring (bicyclic) bond motifs is 4. The van der Waals surface area contributed by atoms with Gasteiger partial charge in [0.25, 0.3) is 0 Å². The van der Waals surface area contributed by atoms with Crippen LogP contribution in [-0.4, -0.2) is 43.0 Å². The van der Waals surface area contributed by atoms with Gasteiger partial charge in [-0.15, -0.1) is 0 Å². The predicted molar refractivity (Wildman–Crippen MR) is 171 cm³/mol. The van der Waals surface area contributed by atoms with E-state index in [0.29, 0.717) is 22.0 Å². The van der Waals surface area contributed by atoms with Crippen molar-refractivity contribution in [3.05, 3.63) is 88.5 Å². The van der Waals surface area contributed by atoms with Crippen molar-refractivity contribution in [2.75, 3.05) is 24.0 Å². The maximum Gasteiger partial charge on any atom is 0.241 e. The maximum atomic E-state index is 14.6. The van der Waals surface area contributed by atoms with Crippen molar-refractivity contribution in [2.24, 2.45) is 29.1 Å². The average molecular weight is 641 g/mol. The van der Waals surface area contributed by atoms with Gasteiger partial charge >= 0.3 is 0 Å². The van der Waals surface area contributed by atoms with E-state index in [2.05, 4.69) is 0 Å². The summed E-state index contributed by atoms with van der Waals surface area (Å²) in [5.74, 6) is -4.41. The highest BCUT2D eigenvalue weighted by molar-refractivity contribution is 6.32. The van der Waals surface area contributed by atoms with E-state index >= 15 is 0 Å². The van der Waals surface area contributed by atoms with Crippen LogP contribution in [0.2, 0.25) is 5.02 Å². The molecule has 0 radical (unpaired) electrons. The molecule has 3 aromatic carbocycles. The maximum absolute atomic E-state index is 14.6. The molecule has 1 N–H and O–H groups in total. The number of rotatable bonds is 5. The highest BCUT2D eigenvalue weighted by Crippen LogP contribution is 2.65. The fraction of sp³-hybridized carbons (Fsp3) is 0.333. The quantitative estimate of drug-likeness (QED) is 0.277. The molecule has 0 spiro atoms. The van der Waals surface area contributed by atoms with Crippen molar-refractivity contribution in [1.29, 1.82) is 0 Å². The molecule has 2 aliphatic heterocycles. The lowest BCUT2D eigenvalue weighted by atomic mass is 9.51. The number of methoxy groups -OCH3 is 2. The first kappa shape index (κ1) is 30.0. The van der Waals surface area contributed by atoms with E-state index in [-0.39, 0.29) is 53.7 Å². The third kappa shape index (κ3) is 4.07. The lowest BCUT2D eigenvalue weighted by Gasteiger charge is -2.49. The second-order valence-corrected chi connectivity index (χ2v) is 13.1. The average Bonchev–Trinajstić information content (AvgIpc) is 3.42. The summed E-state index contributed by atoms with van der Waals surface area (Å²) >= 11 is 6.40. The second-order valence-electron chi connectivity index (χ2n) is 12.7. The summed E-state index contributed by atoms with van der Waals surface area (Å²) in [4.78, 5) is 59.7. The second kappa shape index (κ2) is 10.7. The number of phenols is 1. The minimum absolute atomic E-state index is 0.0899. The van der Waals surface area contributed by atoms with E-state index in [0.717, 1.165) is 11.1 Å². The molecule has 9 nitrogen and oxygen atoms in total. The van der Waals surface area contributed by atoms with Gasteiger partial charge in [-0.2, -0.15) is 0 Å². The molecule has 1 saturated carbocycles. The molecule has 7 rings (SSSR count). The van der Waals surface area contributed by atoms with E-state index in [1.807, 2.05) is 19.1 Å². The van der Waals surface area contributed by atoms with Crippen molar-refractivity contribution in [3.63, 3.8) is 0 Å². The van der Waals surface area contributed by atoms with Gasteiger partial charge in [0.15, 0.2) is 0 Å². The van der Waals surface area contributed by atoms with Gasteiger partial charge in [-0.25, -0.2) is 9.80 Å². The SMILES string of the molecule is COc1cc(O)cc(OC)c1C1C2=CCC3C(=O)N(c4ccc(C)c(Cl)c4)C(=O)C3C2CC2C(=O)N(c3ccccc3)C(=O)C21C. The van der Waals surface area contributed by atoms with Crippen LogP contribution in [0.1, 0.15) is 36.8 Å². The number of allylic oxidation sites excluding steroid dienone is 2. The van der Waals surface area contributed by atoms with Gasteiger partial charge in [0.05, 0.1) is 48.8 Å². The molecule has 0 aromatic heterocycles. The van der Waals surface area contributed by atoms with E-state index in [1.54, 1.807) is 49.4 Å². The third-order valence-corrected chi connectivity index (χ3v) is 10.9. The fourth-order valence-electron chi connectivity index (χ4n) is 8.33. The van der Waals surface area contributed by atoms with Crippen LogP contribution < -0.4 is 19.3 Å². The standard InChI is InChI=1S/C36H33ClN2O7/c1-18-10-11-20(14-26(18)37)38-32(41)23-13-12-22-24(29(23)34(38)43)17-25-33(42)39(19-8-6-5-7-9-19)35(44)36(25,2)31(22)30-27(45-3)15-21(40)16-28(30)46-4/h5-12,14-16,23-25,29,31,40H,13,17H2,1-4H3. The van der Waals surface area contributed by atoms with E-state index in [4.69, 9.17) is 21.1 Å². The van der Waals surface area contributed by atoms with Crippen molar-refractivity contribution in [2.45, 2.75) is 32.6 Å². The third-order valence-electron chi connectivity index (χ3n) is 10.5. The molecule has 6 unspecified atom stereocenters. The number of aryl methyl sites for hydroxylation is 1. The topological polar surface area (TPSA) is 113 Å². The number of phenolic OH excluding ortho intramolecular Hbond substituents is 1. The fourth-order valence-corrected chi connectivity index (χ4v) is 8.51. The summed E-state index contributed by atoms with van der Waals surface area (Å²) in [6.07, 6.45) is 2.45. The number of para-hydroxylation sites is 1. The zero-order valence-corrected chi connectivity index (χ0v) is 26.6. The molecular formula is C36H33ClN2O7. The normalized spacial score (nSPS) is 28.5. The smallest absolute Gasteiger partial charge is 0.241 e. The predicted octanol–water partition coefficient (Wildman–Crippen LogP) is 5.81. The zero-order chi connectivity index (χ0) is 32.7. The number of nitrogens with zero attached hydrogens (tertiary/aromatic N) is 2. The number of amides is 4. The van der Waals surface area contributed by atoms with Crippen LogP contribution in [0.4, 0.5) is 11.4 Å². The first-order valence-electron chi connectivity index (χ1n) is 15.2. The van der Waals surface area contributed by atoms with Gasteiger partial charge in [0.1, 0.15) is 17.2 Å². The van der Waals surface area contributed by atoms with E-state index in [1.165, 1.54) is 36.2 Å². The van der Waals surface area contributed by atoms with E-state index < -0.39 is 35.0 Å². The molecule has 236 valence electrons. The molecule has 2 heterocycles. The Labute approximate surface area is 271 Å².